The number of hydrogen-bond acceptors (Lipinski definition) is 7. The second kappa shape index (κ2) is 6.85. The Morgan fingerprint density at radius 1 is 1.00 bits per heavy atom. The van der Waals surface area contributed by atoms with Gasteiger partial charge in [0.05, 0.1) is 0 Å². The lowest BCUT2D eigenvalue weighted by Gasteiger charge is -2.22. The largest absolute Gasteiger partial charge is 0.463 e. The van der Waals surface area contributed by atoms with Crippen molar-refractivity contribution >= 4 is 33.8 Å². The second-order valence-electron chi connectivity index (χ2n) is 3.98. The number of ether oxygens (including phenoxy) is 4. The van der Waals surface area contributed by atoms with Gasteiger partial charge in [-0.1, -0.05) is 15.9 Å². The van der Waals surface area contributed by atoms with Crippen molar-refractivity contribution in [1.82, 2.24) is 0 Å². The van der Waals surface area contributed by atoms with Crippen LogP contribution in [0.15, 0.2) is 0 Å². The molecule has 0 aromatic rings. The van der Waals surface area contributed by atoms with Crippen LogP contribution in [0.25, 0.3) is 0 Å². The topological polar surface area (TPSA) is 88.1 Å². The summed E-state index contributed by atoms with van der Waals surface area (Å²) in [7, 11) is 0. The van der Waals surface area contributed by atoms with Gasteiger partial charge >= 0.3 is 17.9 Å². The first-order valence-electron chi connectivity index (χ1n) is 5.58. The summed E-state index contributed by atoms with van der Waals surface area (Å²) < 4.78 is 20.4. The predicted molar refractivity (Wildman–Crippen MR) is 65.3 cm³/mol. The van der Waals surface area contributed by atoms with Crippen molar-refractivity contribution in [3.8, 4) is 0 Å². The summed E-state index contributed by atoms with van der Waals surface area (Å²) in [6.45, 7) is 3.64. The van der Waals surface area contributed by atoms with Gasteiger partial charge in [0.25, 0.3) is 0 Å². The third kappa shape index (κ3) is 4.79. The number of esters is 3. The van der Waals surface area contributed by atoms with Crippen LogP contribution in [0.1, 0.15) is 20.8 Å². The van der Waals surface area contributed by atoms with E-state index in [2.05, 4.69) is 15.9 Å². The van der Waals surface area contributed by atoms with Crippen molar-refractivity contribution in [2.75, 3.05) is 6.61 Å². The van der Waals surface area contributed by atoms with Gasteiger partial charge in [-0.15, -0.1) is 0 Å². The molecule has 4 atom stereocenters. The molecule has 7 nitrogen and oxygen atoms in total. The van der Waals surface area contributed by atoms with E-state index < -0.39 is 41.2 Å². The van der Waals surface area contributed by atoms with Gasteiger partial charge in [0.15, 0.2) is 17.2 Å². The fourth-order valence-corrected chi connectivity index (χ4v) is 2.35. The Balaban J connectivity index is 2.76. The number of hydrogen-bond donors (Lipinski definition) is 0. The first kappa shape index (κ1) is 15.9. The molecule has 0 aromatic carbocycles. The summed E-state index contributed by atoms with van der Waals surface area (Å²) in [5.74, 6) is -1.55. The Bertz CT molecular complexity index is 370. The van der Waals surface area contributed by atoms with Gasteiger partial charge in [0.2, 0.25) is 0 Å². The highest BCUT2D eigenvalue weighted by Gasteiger charge is 2.48. The molecule has 0 aromatic heterocycles. The van der Waals surface area contributed by atoms with E-state index in [0.29, 0.717) is 0 Å². The Hall–Kier alpha value is -1.15. The van der Waals surface area contributed by atoms with Gasteiger partial charge in [0, 0.05) is 20.8 Å². The molecule has 1 aliphatic rings. The molecule has 0 spiro atoms. The molecule has 0 radical (unpaired) electrons. The fraction of sp³-hybridized carbons (Fsp3) is 0.727. The number of halogens is 1. The van der Waals surface area contributed by atoms with Gasteiger partial charge in [-0.3, -0.25) is 14.4 Å². The van der Waals surface area contributed by atoms with Crippen LogP contribution in [0.5, 0.6) is 0 Å². The fourth-order valence-electron chi connectivity index (χ4n) is 1.66. The van der Waals surface area contributed by atoms with E-state index in [9.17, 15) is 14.4 Å². The minimum absolute atomic E-state index is 0.0901. The van der Waals surface area contributed by atoms with Gasteiger partial charge < -0.3 is 18.9 Å². The summed E-state index contributed by atoms with van der Waals surface area (Å²) in [5.41, 5.74) is 0. The summed E-state index contributed by atoms with van der Waals surface area (Å²) in [4.78, 5) is 32.9. The molecule has 0 aliphatic carbocycles. The zero-order valence-electron chi connectivity index (χ0n) is 10.8. The normalized spacial score (nSPS) is 29.7. The number of carbonyl (C=O) groups excluding carboxylic acids is 3. The van der Waals surface area contributed by atoms with E-state index in [0.717, 1.165) is 0 Å². The van der Waals surface area contributed by atoms with Gasteiger partial charge in [0.1, 0.15) is 12.7 Å². The summed E-state index contributed by atoms with van der Waals surface area (Å²) in [6, 6.07) is 0. The molecule has 0 saturated carbocycles. The average molecular weight is 339 g/mol. The molecule has 19 heavy (non-hydrogen) atoms. The van der Waals surface area contributed by atoms with Crippen LogP contribution in [0, 0.1) is 0 Å². The maximum Gasteiger partial charge on any atom is 0.303 e. The highest BCUT2D eigenvalue weighted by Crippen LogP contribution is 2.30. The monoisotopic (exact) mass is 338 g/mol. The van der Waals surface area contributed by atoms with Crippen molar-refractivity contribution in [3.05, 3.63) is 0 Å². The zero-order valence-corrected chi connectivity index (χ0v) is 12.3. The standard InChI is InChI=1S/C11H15BrO7/c1-5(13)16-4-8-9(17-6(2)14)10(11(12)19-8)18-7(3)15/h8-11H,4H2,1-3H3. The van der Waals surface area contributed by atoms with Crippen LogP contribution >= 0.6 is 15.9 Å². The lowest BCUT2D eigenvalue weighted by Crippen LogP contribution is -2.40. The van der Waals surface area contributed by atoms with Crippen LogP contribution in [0.2, 0.25) is 0 Å². The molecule has 4 unspecified atom stereocenters. The zero-order chi connectivity index (χ0) is 14.6. The highest BCUT2D eigenvalue weighted by molar-refractivity contribution is 9.09. The molecule has 1 saturated heterocycles. The van der Waals surface area contributed by atoms with Crippen LogP contribution in [-0.4, -0.2) is 47.8 Å². The minimum Gasteiger partial charge on any atom is -0.463 e. The van der Waals surface area contributed by atoms with Crippen LogP contribution < -0.4 is 0 Å². The second-order valence-corrected chi connectivity index (χ2v) is 4.88. The molecule has 0 N–H and O–H groups in total. The van der Waals surface area contributed by atoms with Crippen LogP contribution in [-0.2, 0) is 33.3 Å². The van der Waals surface area contributed by atoms with Crippen molar-refractivity contribution < 1.29 is 33.3 Å². The van der Waals surface area contributed by atoms with Gasteiger partial charge in [-0.2, -0.15) is 0 Å². The summed E-state index contributed by atoms with van der Waals surface area (Å²) in [6.07, 6.45) is -2.31. The maximum atomic E-state index is 11.1. The quantitative estimate of drug-likeness (QED) is 0.419. The predicted octanol–water partition coefficient (Wildman–Crippen LogP) is 0.533. The van der Waals surface area contributed by atoms with Gasteiger partial charge in [-0.25, -0.2) is 0 Å². The average Bonchev–Trinajstić information content (AvgIpc) is 2.53. The summed E-state index contributed by atoms with van der Waals surface area (Å²) >= 11 is 3.18. The lowest BCUT2D eigenvalue weighted by atomic mass is 10.1. The molecule has 1 aliphatic heterocycles. The van der Waals surface area contributed by atoms with E-state index >= 15 is 0 Å². The third-order valence-corrected chi connectivity index (χ3v) is 3.05. The Labute approximate surface area is 118 Å². The molecular formula is C11H15BrO7. The molecule has 0 bridgehead atoms. The van der Waals surface area contributed by atoms with Crippen molar-refractivity contribution in [3.63, 3.8) is 0 Å². The SMILES string of the molecule is CC(=O)OCC1OC(Br)C(OC(C)=O)C1OC(C)=O. The number of rotatable bonds is 4. The number of alkyl halides is 1. The first-order chi connectivity index (χ1) is 8.81. The molecule has 1 fully saturated rings. The Kier molecular flexibility index (Phi) is 5.74. The smallest absolute Gasteiger partial charge is 0.303 e. The molecule has 1 rings (SSSR count). The maximum absolute atomic E-state index is 11.1. The number of carbonyl (C=O) groups is 3. The van der Waals surface area contributed by atoms with E-state index in [-0.39, 0.29) is 6.61 Å². The first-order valence-corrected chi connectivity index (χ1v) is 6.50. The molecule has 0 amide bonds. The van der Waals surface area contributed by atoms with E-state index in [1.165, 1.54) is 20.8 Å². The summed E-state index contributed by atoms with van der Waals surface area (Å²) in [5, 5.41) is -0.638. The lowest BCUT2D eigenvalue weighted by molar-refractivity contribution is -0.165. The van der Waals surface area contributed by atoms with E-state index in [1.807, 2.05) is 0 Å². The Morgan fingerprint density at radius 2 is 1.53 bits per heavy atom. The van der Waals surface area contributed by atoms with Crippen molar-refractivity contribution in [2.45, 2.75) is 44.1 Å². The molecule has 1 heterocycles. The van der Waals surface area contributed by atoms with E-state index in [4.69, 9.17) is 18.9 Å². The molecule has 8 heteroatoms. The van der Waals surface area contributed by atoms with E-state index in [1.54, 1.807) is 0 Å². The van der Waals surface area contributed by atoms with Crippen molar-refractivity contribution in [2.24, 2.45) is 0 Å². The Morgan fingerprint density at radius 3 is 2.00 bits per heavy atom. The third-order valence-electron chi connectivity index (χ3n) is 2.31. The van der Waals surface area contributed by atoms with Crippen LogP contribution in [0.3, 0.4) is 0 Å². The minimum atomic E-state index is -0.829. The molecular weight excluding hydrogens is 324 g/mol. The van der Waals surface area contributed by atoms with Gasteiger partial charge in [-0.05, 0) is 0 Å². The van der Waals surface area contributed by atoms with Crippen LogP contribution in [0.4, 0.5) is 0 Å². The molecule has 108 valence electrons. The highest BCUT2D eigenvalue weighted by atomic mass is 79.9. The van der Waals surface area contributed by atoms with Crippen molar-refractivity contribution in [1.29, 1.82) is 0 Å².